The van der Waals surface area contributed by atoms with Crippen molar-refractivity contribution in [1.29, 1.82) is 0 Å². The molecule has 0 amide bonds. The highest BCUT2D eigenvalue weighted by atomic mass is 15.9. The monoisotopic (exact) mass is 116 g/mol. The largest absolute Gasteiger partial charge is 0.171 e. The first-order chi connectivity index (χ1) is 3.83. The average Bonchev–Trinajstić information content (AvgIpc) is 1.67. The number of rotatable bonds is 2. The molecule has 8 heavy (non-hydrogen) atoms. The van der Waals surface area contributed by atoms with Gasteiger partial charge in [0.1, 0.15) is 13.1 Å². The van der Waals surface area contributed by atoms with Crippen molar-refractivity contribution in [2.75, 3.05) is 27.2 Å². The summed E-state index contributed by atoms with van der Waals surface area (Å²) in [6.45, 7) is 2.43. The quantitative estimate of drug-likeness (QED) is 0.474. The van der Waals surface area contributed by atoms with Crippen LogP contribution in [0.15, 0.2) is 0 Å². The fraction of sp³-hybridized carbons (Fsp3) is 1.00. The molecule has 0 atom stereocenters. The molecular formula is C5H14N3+. The number of hydrogen-bond acceptors (Lipinski definition) is 2. The van der Waals surface area contributed by atoms with Gasteiger partial charge in [-0.25, -0.2) is 0 Å². The number of nitrogens with zero attached hydrogens (tertiary/aromatic N) is 1. The summed E-state index contributed by atoms with van der Waals surface area (Å²) in [7, 11) is 3.96. The van der Waals surface area contributed by atoms with E-state index >= 15 is 0 Å². The first-order valence-electron chi connectivity index (χ1n) is 3.08. The van der Waals surface area contributed by atoms with Crippen molar-refractivity contribution in [1.82, 2.24) is 10.9 Å². The van der Waals surface area contributed by atoms with Gasteiger partial charge in [0.2, 0.25) is 0 Å². The Hall–Kier alpha value is -0.120. The lowest BCUT2D eigenvalue weighted by Crippen LogP contribution is -2.70. The molecule has 1 heterocycles. The Labute approximate surface area is 50.2 Å². The van der Waals surface area contributed by atoms with Crippen molar-refractivity contribution >= 4 is 0 Å². The third-order valence-electron chi connectivity index (χ3n) is 1.94. The maximum absolute atomic E-state index is 3.19. The van der Waals surface area contributed by atoms with Gasteiger partial charge in [-0.15, -0.1) is 0 Å². The molecule has 48 valence electrons. The molecule has 0 aromatic rings. The second-order valence-corrected chi connectivity index (χ2v) is 2.22. The van der Waals surface area contributed by atoms with Crippen LogP contribution in [0.4, 0.5) is 0 Å². The molecule has 0 unspecified atom stereocenters. The van der Waals surface area contributed by atoms with Crippen molar-refractivity contribution in [3.05, 3.63) is 0 Å². The molecule has 0 saturated carbocycles. The predicted octanol–water partition coefficient (Wildman–Crippen LogP) is -0.524. The van der Waals surface area contributed by atoms with E-state index in [-0.39, 0.29) is 0 Å². The van der Waals surface area contributed by atoms with Gasteiger partial charge in [-0.3, -0.25) is 0 Å². The van der Waals surface area contributed by atoms with Gasteiger partial charge < -0.3 is 0 Å². The summed E-state index contributed by atoms with van der Waals surface area (Å²) in [5.41, 5.74) is 6.38. The highest BCUT2D eigenvalue weighted by molar-refractivity contribution is 4.45. The van der Waals surface area contributed by atoms with E-state index in [2.05, 4.69) is 10.9 Å². The minimum atomic E-state index is 0.889. The van der Waals surface area contributed by atoms with E-state index in [1.165, 1.54) is 19.5 Å². The van der Waals surface area contributed by atoms with E-state index in [0.29, 0.717) is 0 Å². The van der Waals surface area contributed by atoms with Crippen LogP contribution in [0, 0.1) is 0 Å². The van der Waals surface area contributed by atoms with Crippen LogP contribution in [0.25, 0.3) is 0 Å². The van der Waals surface area contributed by atoms with Crippen LogP contribution in [0.3, 0.4) is 0 Å². The van der Waals surface area contributed by atoms with Crippen molar-refractivity contribution in [3.63, 3.8) is 0 Å². The van der Waals surface area contributed by atoms with Crippen molar-refractivity contribution in [2.45, 2.75) is 6.42 Å². The average molecular weight is 116 g/mol. The third kappa shape index (κ3) is 0.727. The molecule has 1 aliphatic rings. The molecular weight excluding hydrogens is 102 g/mol. The van der Waals surface area contributed by atoms with E-state index in [1.807, 2.05) is 14.1 Å². The molecule has 3 nitrogen and oxygen atoms in total. The SMILES string of the molecule is CN[N+]1(NC)CCC1. The van der Waals surface area contributed by atoms with Crippen LogP contribution in [-0.4, -0.2) is 31.9 Å². The van der Waals surface area contributed by atoms with Gasteiger partial charge >= 0.3 is 0 Å². The van der Waals surface area contributed by atoms with E-state index in [1.54, 1.807) is 0 Å². The van der Waals surface area contributed by atoms with E-state index < -0.39 is 0 Å². The summed E-state index contributed by atoms with van der Waals surface area (Å²) in [5, 5.41) is 0. The lowest BCUT2D eigenvalue weighted by Gasteiger charge is -2.41. The molecule has 0 aliphatic carbocycles. The van der Waals surface area contributed by atoms with Gasteiger partial charge in [-0.05, 0) is 0 Å². The lowest BCUT2D eigenvalue weighted by atomic mass is 10.2. The molecule has 0 bridgehead atoms. The van der Waals surface area contributed by atoms with Crippen molar-refractivity contribution in [2.24, 2.45) is 0 Å². The Bertz CT molecular complexity index is 64.2. The molecule has 3 heteroatoms. The number of nitrogens with one attached hydrogen (secondary N) is 2. The fourth-order valence-corrected chi connectivity index (χ4v) is 1.03. The summed E-state index contributed by atoms with van der Waals surface area (Å²) >= 11 is 0. The lowest BCUT2D eigenvalue weighted by molar-refractivity contribution is -1.04. The fourth-order valence-electron chi connectivity index (χ4n) is 1.03. The Morgan fingerprint density at radius 1 is 1.12 bits per heavy atom. The first-order valence-corrected chi connectivity index (χ1v) is 3.08. The smallest absolute Gasteiger partial charge is 0.120 e. The molecule has 2 N–H and O–H groups in total. The highest BCUT2D eigenvalue weighted by Crippen LogP contribution is 2.09. The highest BCUT2D eigenvalue weighted by Gasteiger charge is 2.33. The number of hydrogen-bond donors (Lipinski definition) is 2. The molecule has 0 radical (unpaired) electrons. The van der Waals surface area contributed by atoms with Crippen LogP contribution in [0.1, 0.15) is 6.42 Å². The van der Waals surface area contributed by atoms with Crippen molar-refractivity contribution < 1.29 is 4.70 Å². The zero-order chi connectivity index (χ0) is 6.04. The zero-order valence-corrected chi connectivity index (χ0v) is 5.57. The molecule has 0 aromatic carbocycles. The van der Waals surface area contributed by atoms with Crippen molar-refractivity contribution in [3.8, 4) is 0 Å². The normalized spacial score (nSPS) is 24.8. The minimum absolute atomic E-state index is 0.889. The molecule has 0 spiro atoms. The Kier molecular flexibility index (Phi) is 1.51. The zero-order valence-electron chi connectivity index (χ0n) is 5.57. The summed E-state index contributed by atoms with van der Waals surface area (Å²) in [5.74, 6) is 0. The topological polar surface area (TPSA) is 24.1 Å². The van der Waals surface area contributed by atoms with Crippen LogP contribution in [-0.2, 0) is 0 Å². The van der Waals surface area contributed by atoms with E-state index in [4.69, 9.17) is 0 Å². The second kappa shape index (κ2) is 2.01. The van der Waals surface area contributed by atoms with Gasteiger partial charge in [-0.1, -0.05) is 0 Å². The summed E-state index contributed by atoms with van der Waals surface area (Å²) in [6.07, 6.45) is 1.34. The van der Waals surface area contributed by atoms with Gasteiger partial charge in [0, 0.05) is 14.1 Å². The minimum Gasteiger partial charge on any atom is -0.171 e. The maximum atomic E-state index is 3.19. The first kappa shape index (κ1) is 6.01. The Balaban J connectivity index is 2.33. The van der Waals surface area contributed by atoms with Gasteiger partial charge in [0.05, 0.1) is 6.42 Å². The number of quaternary nitrogens is 1. The summed E-state index contributed by atoms with van der Waals surface area (Å²) in [4.78, 5) is 0. The van der Waals surface area contributed by atoms with Gasteiger partial charge in [0.25, 0.3) is 0 Å². The Morgan fingerprint density at radius 3 is 1.62 bits per heavy atom. The Morgan fingerprint density at radius 2 is 1.62 bits per heavy atom. The summed E-state index contributed by atoms with van der Waals surface area (Å²) in [6, 6.07) is 0. The maximum Gasteiger partial charge on any atom is 0.120 e. The van der Waals surface area contributed by atoms with Gasteiger partial charge in [-0.2, -0.15) is 15.6 Å². The molecule has 1 rings (SSSR count). The van der Waals surface area contributed by atoms with Gasteiger partial charge in [0.15, 0.2) is 0 Å². The second-order valence-electron chi connectivity index (χ2n) is 2.22. The predicted molar refractivity (Wildman–Crippen MR) is 32.7 cm³/mol. The molecule has 1 saturated heterocycles. The standard InChI is InChI=1S/C5H14N3/c1-6-8(7-2)4-3-5-8/h6-7H,3-5H2,1-2H3/q+1. The molecule has 1 fully saturated rings. The summed E-state index contributed by atoms with van der Waals surface area (Å²) < 4.78 is 0.889. The van der Waals surface area contributed by atoms with Crippen LogP contribution < -0.4 is 10.9 Å². The van der Waals surface area contributed by atoms with Crippen LogP contribution >= 0.6 is 0 Å². The van der Waals surface area contributed by atoms with Crippen LogP contribution in [0.2, 0.25) is 0 Å². The molecule has 0 aromatic heterocycles. The molecule has 1 aliphatic heterocycles. The van der Waals surface area contributed by atoms with E-state index in [0.717, 1.165) is 4.70 Å². The van der Waals surface area contributed by atoms with Crippen LogP contribution in [0.5, 0.6) is 0 Å². The van der Waals surface area contributed by atoms with E-state index in [9.17, 15) is 0 Å². The third-order valence-corrected chi connectivity index (χ3v) is 1.94.